The van der Waals surface area contributed by atoms with Gasteiger partial charge in [-0.3, -0.25) is 4.79 Å². The number of hydrogen-bond donors (Lipinski definition) is 2. The van der Waals surface area contributed by atoms with Crippen LogP contribution in [0.15, 0.2) is 24.4 Å². The molecule has 0 amide bonds. The lowest BCUT2D eigenvalue weighted by Gasteiger charge is -2.10. The fraction of sp³-hybridized carbons (Fsp3) is 0.0667. The van der Waals surface area contributed by atoms with Gasteiger partial charge >= 0.3 is 0 Å². The van der Waals surface area contributed by atoms with Crippen LogP contribution in [0.2, 0.25) is 5.02 Å². The predicted octanol–water partition coefficient (Wildman–Crippen LogP) is 3.95. The van der Waals surface area contributed by atoms with E-state index in [0.717, 1.165) is 6.07 Å². The van der Waals surface area contributed by atoms with E-state index in [1.54, 1.807) is 18.3 Å². The van der Waals surface area contributed by atoms with Crippen molar-refractivity contribution in [3.05, 3.63) is 46.7 Å². The second-order valence-electron chi connectivity index (χ2n) is 4.81. The summed E-state index contributed by atoms with van der Waals surface area (Å²) in [5, 5.41) is 0.311. The summed E-state index contributed by atoms with van der Waals surface area (Å²) in [6.07, 6.45) is 1.57. The molecule has 0 saturated carbocycles. The number of carbonyl (C=O) groups is 1. The van der Waals surface area contributed by atoms with Crippen molar-refractivity contribution in [2.24, 2.45) is 0 Å². The number of nitrogens with one attached hydrogen (secondary N) is 1. The quantitative estimate of drug-likeness (QED) is 0.702. The summed E-state index contributed by atoms with van der Waals surface area (Å²) < 4.78 is 28.4. The SMILES string of the molecule is CC(=O)c1nc(-c2cc(F)c3[nH]ccc3c2)c(F)c(N)c1Cl. The number of Topliss-reactive ketones (excluding diaryl/α,β-unsaturated/α-hetero) is 1. The van der Waals surface area contributed by atoms with Gasteiger partial charge in [-0.15, -0.1) is 0 Å². The van der Waals surface area contributed by atoms with Crippen LogP contribution in [0.25, 0.3) is 22.2 Å². The molecule has 2 aromatic heterocycles. The number of anilines is 1. The van der Waals surface area contributed by atoms with Crippen LogP contribution >= 0.6 is 11.6 Å². The molecule has 0 aliphatic carbocycles. The molecule has 0 atom stereocenters. The largest absolute Gasteiger partial charge is 0.395 e. The monoisotopic (exact) mass is 321 g/mol. The van der Waals surface area contributed by atoms with Crippen molar-refractivity contribution in [1.29, 1.82) is 0 Å². The van der Waals surface area contributed by atoms with E-state index in [-0.39, 0.29) is 27.7 Å². The molecule has 3 N–H and O–H groups in total. The maximum Gasteiger partial charge on any atom is 0.179 e. The number of pyridine rings is 1. The predicted molar refractivity (Wildman–Crippen MR) is 80.9 cm³/mol. The van der Waals surface area contributed by atoms with E-state index in [4.69, 9.17) is 17.3 Å². The number of ketones is 1. The molecule has 2 heterocycles. The molecule has 0 radical (unpaired) electrons. The van der Waals surface area contributed by atoms with Crippen LogP contribution in [0.1, 0.15) is 17.4 Å². The molecule has 0 bridgehead atoms. The zero-order chi connectivity index (χ0) is 16.0. The normalized spacial score (nSPS) is 11.1. The molecule has 3 rings (SSSR count). The highest BCUT2D eigenvalue weighted by molar-refractivity contribution is 6.36. The molecular formula is C15H10ClF2N3O. The van der Waals surface area contributed by atoms with Crippen LogP contribution in [0.5, 0.6) is 0 Å². The van der Waals surface area contributed by atoms with Crippen molar-refractivity contribution in [2.45, 2.75) is 6.92 Å². The Balaban J connectivity index is 2.32. The van der Waals surface area contributed by atoms with Crippen LogP contribution in [-0.4, -0.2) is 15.8 Å². The summed E-state index contributed by atoms with van der Waals surface area (Å²) in [4.78, 5) is 18.2. The van der Waals surface area contributed by atoms with Crippen LogP contribution in [0.3, 0.4) is 0 Å². The highest BCUT2D eigenvalue weighted by atomic mass is 35.5. The van der Waals surface area contributed by atoms with Crippen molar-refractivity contribution in [3.8, 4) is 11.3 Å². The van der Waals surface area contributed by atoms with Gasteiger partial charge in [-0.1, -0.05) is 11.6 Å². The van der Waals surface area contributed by atoms with E-state index in [1.165, 1.54) is 6.92 Å². The molecular weight excluding hydrogens is 312 g/mol. The molecule has 0 saturated heterocycles. The number of hydrogen-bond acceptors (Lipinski definition) is 3. The third-order valence-corrected chi connectivity index (χ3v) is 3.71. The lowest BCUT2D eigenvalue weighted by molar-refractivity contribution is 0.101. The number of aromatic amines is 1. The van der Waals surface area contributed by atoms with E-state index >= 15 is 0 Å². The average molecular weight is 322 g/mol. The number of carbonyl (C=O) groups excluding carboxylic acids is 1. The number of rotatable bonds is 2. The Bertz CT molecular complexity index is 921. The van der Waals surface area contributed by atoms with Crippen LogP contribution in [-0.2, 0) is 0 Å². The minimum Gasteiger partial charge on any atom is -0.395 e. The Hall–Kier alpha value is -2.47. The molecule has 22 heavy (non-hydrogen) atoms. The van der Waals surface area contributed by atoms with Crippen molar-refractivity contribution >= 4 is 34.0 Å². The van der Waals surface area contributed by atoms with Gasteiger partial charge in [0.1, 0.15) is 17.2 Å². The summed E-state index contributed by atoms with van der Waals surface area (Å²) in [5.41, 5.74) is 5.32. The summed E-state index contributed by atoms with van der Waals surface area (Å²) in [6.45, 7) is 1.24. The minimum atomic E-state index is -0.885. The first kappa shape index (κ1) is 14.5. The highest BCUT2D eigenvalue weighted by Gasteiger charge is 2.21. The maximum absolute atomic E-state index is 14.3. The van der Waals surface area contributed by atoms with Crippen LogP contribution in [0.4, 0.5) is 14.5 Å². The van der Waals surface area contributed by atoms with E-state index < -0.39 is 17.4 Å². The Morgan fingerprint density at radius 2 is 2.09 bits per heavy atom. The first-order chi connectivity index (χ1) is 10.4. The van der Waals surface area contributed by atoms with Gasteiger partial charge in [0, 0.05) is 24.1 Å². The van der Waals surface area contributed by atoms with Crippen LogP contribution < -0.4 is 5.73 Å². The highest BCUT2D eigenvalue weighted by Crippen LogP contribution is 2.34. The van der Waals surface area contributed by atoms with Crippen molar-refractivity contribution in [3.63, 3.8) is 0 Å². The number of nitrogens with zero attached hydrogens (tertiary/aromatic N) is 1. The van der Waals surface area contributed by atoms with E-state index in [1.807, 2.05) is 0 Å². The Labute approximate surface area is 128 Å². The average Bonchev–Trinajstić information content (AvgIpc) is 2.93. The summed E-state index contributed by atoms with van der Waals surface area (Å²) in [6, 6.07) is 4.32. The minimum absolute atomic E-state index is 0.148. The molecule has 0 fully saturated rings. The van der Waals surface area contributed by atoms with Crippen LogP contribution in [0, 0.1) is 11.6 Å². The van der Waals surface area contributed by atoms with E-state index in [9.17, 15) is 13.6 Å². The molecule has 1 aromatic carbocycles. The fourth-order valence-electron chi connectivity index (χ4n) is 2.25. The number of H-pyrrole nitrogens is 1. The first-order valence-electron chi connectivity index (χ1n) is 6.32. The smallest absolute Gasteiger partial charge is 0.179 e. The zero-order valence-electron chi connectivity index (χ0n) is 11.4. The molecule has 3 aromatic rings. The third-order valence-electron chi connectivity index (χ3n) is 3.33. The van der Waals surface area contributed by atoms with Gasteiger partial charge in [-0.25, -0.2) is 13.8 Å². The lowest BCUT2D eigenvalue weighted by atomic mass is 10.1. The van der Waals surface area contributed by atoms with Gasteiger partial charge in [0.05, 0.1) is 16.2 Å². The number of aromatic nitrogens is 2. The van der Waals surface area contributed by atoms with Crippen molar-refractivity contribution < 1.29 is 13.6 Å². The zero-order valence-corrected chi connectivity index (χ0v) is 12.1. The molecule has 0 aliphatic heterocycles. The number of fused-ring (bicyclic) bond motifs is 1. The van der Waals surface area contributed by atoms with Gasteiger partial charge < -0.3 is 10.7 Å². The molecule has 112 valence electrons. The molecule has 0 unspecified atom stereocenters. The van der Waals surface area contributed by atoms with Gasteiger partial charge in [0.2, 0.25) is 0 Å². The Morgan fingerprint density at radius 1 is 1.36 bits per heavy atom. The van der Waals surface area contributed by atoms with Gasteiger partial charge in [-0.05, 0) is 18.2 Å². The third kappa shape index (κ3) is 2.12. The number of nitrogen functional groups attached to an aromatic ring is 1. The standard InChI is InChI=1S/C15H10ClF2N3O/c1-6(22)13-10(16)12(19)11(18)15(21-13)8-4-7-2-3-20-14(7)9(17)5-8/h2-5,20H,1H3,(H2,19,21). The summed E-state index contributed by atoms with van der Waals surface area (Å²) in [5.74, 6) is -1.90. The molecule has 0 spiro atoms. The van der Waals surface area contributed by atoms with Crippen molar-refractivity contribution in [2.75, 3.05) is 5.73 Å². The lowest BCUT2D eigenvalue weighted by Crippen LogP contribution is -2.06. The summed E-state index contributed by atoms with van der Waals surface area (Å²) >= 11 is 5.83. The number of nitrogens with two attached hydrogens (primary N) is 1. The number of benzene rings is 1. The molecule has 4 nitrogen and oxygen atoms in total. The second-order valence-corrected chi connectivity index (χ2v) is 5.18. The van der Waals surface area contributed by atoms with Crippen molar-refractivity contribution in [1.82, 2.24) is 9.97 Å². The Morgan fingerprint density at radius 3 is 2.77 bits per heavy atom. The van der Waals surface area contributed by atoms with Gasteiger partial charge in [-0.2, -0.15) is 0 Å². The molecule has 7 heteroatoms. The first-order valence-corrected chi connectivity index (χ1v) is 6.70. The number of halogens is 3. The maximum atomic E-state index is 14.3. The van der Waals surface area contributed by atoms with E-state index in [0.29, 0.717) is 10.9 Å². The fourth-order valence-corrected chi connectivity index (χ4v) is 2.51. The van der Waals surface area contributed by atoms with E-state index in [2.05, 4.69) is 9.97 Å². The van der Waals surface area contributed by atoms with Gasteiger partial charge in [0.15, 0.2) is 11.6 Å². The van der Waals surface area contributed by atoms with Gasteiger partial charge in [0.25, 0.3) is 0 Å². The summed E-state index contributed by atoms with van der Waals surface area (Å²) in [7, 11) is 0. The second kappa shape index (κ2) is 5.06. The topological polar surface area (TPSA) is 71.8 Å². The molecule has 0 aliphatic rings. The Kier molecular flexibility index (Phi) is 3.33.